The number of H-pyrrole nitrogens is 1. The average molecular weight is 352 g/mol. The second kappa shape index (κ2) is 6.30. The van der Waals surface area contributed by atoms with Crippen LogP contribution >= 0.6 is 11.6 Å². The van der Waals surface area contributed by atoms with Crippen molar-refractivity contribution in [1.29, 1.82) is 0 Å². The van der Waals surface area contributed by atoms with Crippen molar-refractivity contribution in [3.05, 3.63) is 71.0 Å². The Morgan fingerprint density at radius 1 is 1.16 bits per heavy atom. The van der Waals surface area contributed by atoms with Crippen LogP contribution < -0.4 is 5.32 Å². The first-order chi connectivity index (χ1) is 12.1. The van der Waals surface area contributed by atoms with Crippen LogP contribution in [0.1, 0.15) is 16.1 Å². The average Bonchev–Trinajstić information content (AvgIpc) is 3.18. The van der Waals surface area contributed by atoms with Gasteiger partial charge in [-0.25, -0.2) is 0 Å². The summed E-state index contributed by atoms with van der Waals surface area (Å²) in [4.78, 5) is 15.8. The minimum Gasteiger partial charge on any atom is -0.361 e. The monoisotopic (exact) mass is 351 g/mol. The number of aromatic nitrogens is 2. The van der Waals surface area contributed by atoms with Crippen LogP contribution in [0.3, 0.4) is 0 Å². The fraction of sp³-hybridized carbons (Fsp3) is 0.150. The molecule has 0 aliphatic heterocycles. The van der Waals surface area contributed by atoms with Gasteiger partial charge in [0.05, 0.1) is 0 Å². The van der Waals surface area contributed by atoms with Gasteiger partial charge in [0.2, 0.25) is 0 Å². The maximum atomic E-state index is 12.6. The van der Waals surface area contributed by atoms with Crippen molar-refractivity contribution in [2.75, 3.05) is 6.54 Å². The molecule has 0 aliphatic rings. The number of nitrogens with one attached hydrogen (secondary N) is 2. The molecule has 2 aromatic carbocycles. The first-order valence-corrected chi connectivity index (χ1v) is 8.60. The van der Waals surface area contributed by atoms with Gasteiger partial charge in [-0.1, -0.05) is 35.9 Å². The first-order valence-electron chi connectivity index (χ1n) is 8.22. The molecule has 4 aromatic rings. The number of hydrogen-bond acceptors (Lipinski definition) is 1. The number of aryl methyl sites for hydroxylation is 1. The summed E-state index contributed by atoms with van der Waals surface area (Å²) in [6, 6.07) is 15.7. The van der Waals surface area contributed by atoms with E-state index in [2.05, 4.69) is 22.4 Å². The molecule has 0 saturated carbocycles. The SMILES string of the molecule is Cn1c(C(=O)NCCc2c[nH]c3ccccc23)cc2c(Cl)cccc21. The molecule has 0 unspecified atom stereocenters. The molecule has 0 spiro atoms. The van der Waals surface area contributed by atoms with Gasteiger partial charge in [-0.05, 0) is 36.2 Å². The third-order valence-electron chi connectivity index (χ3n) is 4.62. The molecule has 2 N–H and O–H groups in total. The highest BCUT2D eigenvalue weighted by atomic mass is 35.5. The highest BCUT2D eigenvalue weighted by Crippen LogP contribution is 2.26. The molecule has 0 bridgehead atoms. The number of carbonyl (C=O) groups is 1. The minimum absolute atomic E-state index is 0.0883. The summed E-state index contributed by atoms with van der Waals surface area (Å²) < 4.78 is 1.88. The number of aromatic amines is 1. The zero-order valence-electron chi connectivity index (χ0n) is 13.8. The summed E-state index contributed by atoms with van der Waals surface area (Å²) >= 11 is 6.23. The van der Waals surface area contributed by atoms with Crippen LogP contribution in [0.2, 0.25) is 5.02 Å². The lowest BCUT2D eigenvalue weighted by atomic mass is 10.1. The Labute approximate surface area is 150 Å². The van der Waals surface area contributed by atoms with Gasteiger partial charge in [-0.15, -0.1) is 0 Å². The molecule has 0 fully saturated rings. The van der Waals surface area contributed by atoms with Gasteiger partial charge in [-0.3, -0.25) is 4.79 Å². The molecule has 0 aliphatic carbocycles. The van der Waals surface area contributed by atoms with Crippen LogP contribution in [0, 0.1) is 0 Å². The maximum Gasteiger partial charge on any atom is 0.267 e. The van der Waals surface area contributed by atoms with E-state index in [1.54, 1.807) is 0 Å². The van der Waals surface area contributed by atoms with Crippen molar-refractivity contribution in [1.82, 2.24) is 14.9 Å². The number of rotatable bonds is 4. The number of nitrogens with zero attached hydrogens (tertiary/aromatic N) is 1. The summed E-state index contributed by atoms with van der Waals surface area (Å²) in [6.45, 7) is 0.579. The van der Waals surface area contributed by atoms with E-state index in [0.29, 0.717) is 17.3 Å². The van der Waals surface area contributed by atoms with Crippen LogP contribution in [0.4, 0.5) is 0 Å². The number of fused-ring (bicyclic) bond motifs is 2. The van der Waals surface area contributed by atoms with Crippen LogP contribution in [0.5, 0.6) is 0 Å². The second-order valence-corrected chi connectivity index (χ2v) is 6.53. The number of amides is 1. The fourth-order valence-electron chi connectivity index (χ4n) is 3.28. The van der Waals surface area contributed by atoms with E-state index < -0.39 is 0 Å². The molecule has 2 heterocycles. The summed E-state index contributed by atoms with van der Waals surface area (Å²) in [7, 11) is 1.88. The predicted octanol–water partition coefficient (Wildman–Crippen LogP) is 4.29. The van der Waals surface area contributed by atoms with E-state index in [9.17, 15) is 4.79 Å². The van der Waals surface area contributed by atoms with Gasteiger partial charge in [-0.2, -0.15) is 0 Å². The lowest BCUT2D eigenvalue weighted by Gasteiger charge is -2.06. The smallest absolute Gasteiger partial charge is 0.267 e. The minimum atomic E-state index is -0.0883. The molecule has 25 heavy (non-hydrogen) atoms. The Morgan fingerprint density at radius 3 is 2.84 bits per heavy atom. The lowest BCUT2D eigenvalue weighted by molar-refractivity contribution is 0.0946. The predicted molar refractivity (Wildman–Crippen MR) is 102 cm³/mol. The van der Waals surface area contributed by atoms with Crippen molar-refractivity contribution in [2.24, 2.45) is 7.05 Å². The molecule has 2 aromatic heterocycles. The molecular weight excluding hydrogens is 334 g/mol. The van der Waals surface area contributed by atoms with E-state index in [-0.39, 0.29) is 5.91 Å². The number of benzene rings is 2. The number of hydrogen-bond donors (Lipinski definition) is 2. The fourth-order valence-corrected chi connectivity index (χ4v) is 3.51. The number of carbonyl (C=O) groups excluding carboxylic acids is 1. The van der Waals surface area contributed by atoms with Gasteiger partial charge in [0.1, 0.15) is 5.69 Å². The Bertz CT molecular complexity index is 1080. The van der Waals surface area contributed by atoms with Crippen LogP contribution in [0.15, 0.2) is 54.7 Å². The highest BCUT2D eigenvalue weighted by Gasteiger charge is 2.14. The van der Waals surface area contributed by atoms with Gasteiger partial charge < -0.3 is 14.9 Å². The molecule has 4 rings (SSSR count). The summed E-state index contributed by atoms with van der Waals surface area (Å²) in [5, 5.41) is 5.76. The Balaban J connectivity index is 1.49. The first kappa shape index (κ1) is 15.8. The summed E-state index contributed by atoms with van der Waals surface area (Å²) in [6.07, 6.45) is 2.79. The van der Waals surface area contributed by atoms with E-state index >= 15 is 0 Å². The van der Waals surface area contributed by atoms with Crippen LogP contribution in [-0.4, -0.2) is 22.0 Å². The van der Waals surface area contributed by atoms with Crippen molar-refractivity contribution in [3.63, 3.8) is 0 Å². The Kier molecular flexibility index (Phi) is 3.98. The van der Waals surface area contributed by atoms with Crippen molar-refractivity contribution in [2.45, 2.75) is 6.42 Å². The quantitative estimate of drug-likeness (QED) is 0.566. The normalized spacial score (nSPS) is 11.3. The van der Waals surface area contributed by atoms with Gasteiger partial charge in [0, 0.05) is 46.6 Å². The Hall–Kier alpha value is -2.72. The number of para-hydroxylation sites is 1. The van der Waals surface area contributed by atoms with E-state index in [4.69, 9.17) is 11.6 Å². The van der Waals surface area contributed by atoms with Crippen molar-refractivity contribution < 1.29 is 4.79 Å². The highest BCUT2D eigenvalue weighted by molar-refractivity contribution is 6.35. The second-order valence-electron chi connectivity index (χ2n) is 6.13. The molecule has 0 radical (unpaired) electrons. The van der Waals surface area contributed by atoms with Crippen molar-refractivity contribution in [3.8, 4) is 0 Å². The van der Waals surface area contributed by atoms with Gasteiger partial charge in [0.15, 0.2) is 0 Å². The molecule has 0 saturated heterocycles. The molecule has 0 atom stereocenters. The van der Waals surface area contributed by atoms with Crippen LogP contribution in [0.25, 0.3) is 21.8 Å². The van der Waals surface area contributed by atoms with E-state index in [0.717, 1.165) is 22.8 Å². The van der Waals surface area contributed by atoms with Gasteiger partial charge in [0.25, 0.3) is 5.91 Å². The third-order valence-corrected chi connectivity index (χ3v) is 4.95. The van der Waals surface area contributed by atoms with E-state index in [1.807, 2.05) is 54.2 Å². The van der Waals surface area contributed by atoms with Gasteiger partial charge >= 0.3 is 0 Å². The summed E-state index contributed by atoms with van der Waals surface area (Å²) in [5.41, 5.74) is 3.89. The zero-order valence-corrected chi connectivity index (χ0v) is 14.6. The van der Waals surface area contributed by atoms with Crippen LogP contribution in [-0.2, 0) is 13.5 Å². The van der Waals surface area contributed by atoms with E-state index in [1.165, 1.54) is 10.9 Å². The molecule has 5 heteroatoms. The standard InChI is InChI=1S/C20H18ClN3O/c1-24-18-8-4-6-16(21)15(18)11-19(24)20(25)22-10-9-13-12-23-17-7-3-2-5-14(13)17/h2-8,11-12,23H,9-10H2,1H3,(H,22,25). The summed E-state index contributed by atoms with van der Waals surface area (Å²) in [5.74, 6) is -0.0883. The molecule has 1 amide bonds. The zero-order chi connectivity index (χ0) is 17.4. The largest absolute Gasteiger partial charge is 0.361 e. The molecule has 126 valence electrons. The number of halogens is 1. The third kappa shape index (κ3) is 2.79. The molecular formula is C20H18ClN3O. The Morgan fingerprint density at radius 2 is 2.00 bits per heavy atom. The molecule has 4 nitrogen and oxygen atoms in total. The topological polar surface area (TPSA) is 49.8 Å². The maximum absolute atomic E-state index is 12.6. The lowest BCUT2D eigenvalue weighted by Crippen LogP contribution is -2.27. The van der Waals surface area contributed by atoms with Crippen molar-refractivity contribution >= 4 is 39.3 Å².